The molecule has 2 rings (SSSR count). The second-order valence-electron chi connectivity index (χ2n) is 6.48. The predicted octanol–water partition coefficient (Wildman–Crippen LogP) is 2.10. The molecule has 1 unspecified atom stereocenters. The minimum absolute atomic E-state index is 0.112. The molecule has 1 aliphatic heterocycles. The van der Waals surface area contributed by atoms with Gasteiger partial charge in [-0.1, -0.05) is 26.0 Å². The number of nitrogens with zero attached hydrogens (tertiary/aromatic N) is 2. The van der Waals surface area contributed by atoms with Crippen molar-refractivity contribution in [1.82, 2.24) is 4.90 Å². The number of hydrogen-bond acceptors (Lipinski definition) is 3. The van der Waals surface area contributed by atoms with Crippen LogP contribution in [-0.4, -0.2) is 47.9 Å². The quantitative estimate of drug-likeness (QED) is 0.809. The van der Waals surface area contributed by atoms with Gasteiger partial charge in [0.25, 0.3) is 0 Å². The molecule has 0 spiro atoms. The largest absolute Gasteiger partial charge is 0.481 e. The Hall–Kier alpha value is -2.37. The van der Waals surface area contributed by atoms with Crippen LogP contribution in [0.25, 0.3) is 0 Å². The van der Waals surface area contributed by atoms with Gasteiger partial charge in [-0.25, -0.2) is 0 Å². The van der Waals surface area contributed by atoms with Crippen LogP contribution in [0.4, 0.5) is 5.69 Å². The summed E-state index contributed by atoms with van der Waals surface area (Å²) in [6.45, 7) is 4.83. The molecule has 1 N–H and O–H groups in total. The molecule has 1 fully saturated rings. The maximum atomic E-state index is 12.6. The highest BCUT2D eigenvalue weighted by molar-refractivity contribution is 6.09. The molecule has 0 aromatic heterocycles. The average Bonchev–Trinajstić information content (AvgIpc) is 2.93. The Morgan fingerprint density at radius 2 is 1.92 bits per heavy atom. The monoisotopic (exact) mass is 332 g/mol. The number of carbonyl (C=O) groups excluding carboxylic acids is 2. The van der Waals surface area contributed by atoms with Gasteiger partial charge in [0.2, 0.25) is 11.8 Å². The van der Waals surface area contributed by atoms with Gasteiger partial charge in [0, 0.05) is 25.8 Å². The topological polar surface area (TPSA) is 77.9 Å². The Labute approximate surface area is 142 Å². The Bertz CT molecular complexity index is 624. The Balaban J connectivity index is 2.03. The SMILES string of the molecule is CC(C)c1ccc(N2CCC(C(=O)N(C)CCC(=O)O)C2=O)cc1. The van der Waals surface area contributed by atoms with Gasteiger partial charge in [0.05, 0.1) is 6.42 Å². The minimum atomic E-state index is -0.959. The van der Waals surface area contributed by atoms with Gasteiger partial charge in [0.15, 0.2) is 0 Å². The summed E-state index contributed by atoms with van der Waals surface area (Å²) in [6.07, 6.45) is 0.338. The summed E-state index contributed by atoms with van der Waals surface area (Å²) in [4.78, 5) is 38.5. The molecule has 0 saturated carbocycles. The molecule has 6 nitrogen and oxygen atoms in total. The van der Waals surface area contributed by atoms with Gasteiger partial charge < -0.3 is 14.9 Å². The lowest BCUT2D eigenvalue weighted by Gasteiger charge is -2.21. The summed E-state index contributed by atoms with van der Waals surface area (Å²) >= 11 is 0. The number of carboxylic acid groups (broad SMARTS) is 1. The van der Waals surface area contributed by atoms with Gasteiger partial charge in [-0.15, -0.1) is 0 Å². The van der Waals surface area contributed by atoms with Gasteiger partial charge in [-0.05, 0) is 30.0 Å². The fraction of sp³-hybridized carbons (Fsp3) is 0.500. The van der Waals surface area contributed by atoms with E-state index in [1.165, 1.54) is 10.5 Å². The van der Waals surface area contributed by atoms with Crippen LogP contribution >= 0.6 is 0 Å². The Kier molecular flexibility index (Phi) is 5.59. The van der Waals surface area contributed by atoms with Crippen LogP contribution in [0.3, 0.4) is 0 Å². The zero-order chi connectivity index (χ0) is 17.9. The number of carboxylic acids is 1. The second-order valence-corrected chi connectivity index (χ2v) is 6.48. The van der Waals surface area contributed by atoms with Gasteiger partial charge in [-0.2, -0.15) is 0 Å². The molecular weight excluding hydrogens is 308 g/mol. The smallest absolute Gasteiger partial charge is 0.305 e. The van der Waals surface area contributed by atoms with Crippen molar-refractivity contribution >= 4 is 23.5 Å². The predicted molar refractivity (Wildman–Crippen MR) is 90.9 cm³/mol. The molecule has 1 aromatic carbocycles. The highest BCUT2D eigenvalue weighted by Crippen LogP contribution is 2.27. The van der Waals surface area contributed by atoms with E-state index in [2.05, 4.69) is 13.8 Å². The van der Waals surface area contributed by atoms with Crippen molar-refractivity contribution in [3.8, 4) is 0 Å². The van der Waals surface area contributed by atoms with Crippen molar-refractivity contribution in [2.45, 2.75) is 32.6 Å². The first-order valence-corrected chi connectivity index (χ1v) is 8.19. The minimum Gasteiger partial charge on any atom is -0.481 e. The van der Waals surface area contributed by atoms with E-state index in [1.54, 1.807) is 11.9 Å². The van der Waals surface area contributed by atoms with Crippen LogP contribution in [0.5, 0.6) is 0 Å². The highest BCUT2D eigenvalue weighted by Gasteiger charge is 2.38. The molecule has 1 atom stereocenters. The molecule has 0 radical (unpaired) electrons. The molecule has 24 heavy (non-hydrogen) atoms. The van der Waals surface area contributed by atoms with E-state index in [-0.39, 0.29) is 24.8 Å². The van der Waals surface area contributed by atoms with Crippen molar-refractivity contribution in [1.29, 1.82) is 0 Å². The summed E-state index contributed by atoms with van der Waals surface area (Å²) in [5.74, 6) is -1.76. The van der Waals surface area contributed by atoms with Gasteiger partial charge >= 0.3 is 5.97 Å². The van der Waals surface area contributed by atoms with Crippen LogP contribution in [0.15, 0.2) is 24.3 Å². The van der Waals surface area contributed by atoms with Crippen LogP contribution in [-0.2, 0) is 14.4 Å². The summed E-state index contributed by atoms with van der Waals surface area (Å²) in [7, 11) is 1.54. The maximum Gasteiger partial charge on any atom is 0.305 e. The normalized spacial score (nSPS) is 17.4. The van der Waals surface area contributed by atoms with Crippen molar-refractivity contribution < 1.29 is 19.5 Å². The number of benzene rings is 1. The molecule has 1 aliphatic rings. The molecule has 130 valence electrons. The second kappa shape index (κ2) is 7.47. The highest BCUT2D eigenvalue weighted by atomic mass is 16.4. The van der Waals surface area contributed by atoms with Crippen molar-refractivity contribution in [2.75, 3.05) is 25.0 Å². The third-order valence-electron chi connectivity index (χ3n) is 4.41. The van der Waals surface area contributed by atoms with Crippen molar-refractivity contribution in [3.05, 3.63) is 29.8 Å². The molecule has 2 amide bonds. The van der Waals surface area contributed by atoms with Crippen LogP contribution in [0.1, 0.15) is 38.2 Å². The van der Waals surface area contributed by atoms with Crippen LogP contribution < -0.4 is 4.90 Å². The van der Waals surface area contributed by atoms with E-state index in [0.29, 0.717) is 18.9 Å². The summed E-state index contributed by atoms with van der Waals surface area (Å²) in [5, 5.41) is 8.70. The Morgan fingerprint density at radius 1 is 1.29 bits per heavy atom. The summed E-state index contributed by atoms with van der Waals surface area (Å²) in [6, 6.07) is 7.82. The Morgan fingerprint density at radius 3 is 2.46 bits per heavy atom. The number of carbonyl (C=O) groups is 3. The van der Waals surface area contributed by atoms with E-state index < -0.39 is 11.9 Å². The fourth-order valence-electron chi connectivity index (χ4n) is 2.84. The first-order valence-electron chi connectivity index (χ1n) is 8.19. The summed E-state index contributed by atoms with van der Waals surface area (Å²) < 4.78 is 0. The van der Waals surface area contributed by atoms with Crippen LogP contribution in [0, 0.1) is 5.92 Å². The number of aliphatic carboxylic acids is 1. The molecule has 1 heterocycles. The van der Waals surface area contributed by atoms with E-state index in [0.717, 1.165) is 5.69 Å². The fourth-order valence-corrected chi connectivity index (χ4v) is 2.84. The third kappa shape index (κ3) is 3.93. The first kappa shape index (κ1) is 18.0. The van der Waals surface area contributed by atoms with Crippen LogP contribution in [0.2, 0.25) is 0 Å². The maximum absolute atomic E-state index is 12.6. The first-order chi connectivity index (χ1) is 11.3. The average molecular weight is 332 g/mol. The third-order valence-corrected chi connectivity index (χ3v) is 4.41. The number of hydrogen-bond donors (Lipinski definition) is 1. The lowest BCUT2D eigenvalue weighted by Crippen LogP contribution is -2.38. The molecule has 0 bridgehead atoms. The van der Waals surface area contributed by atoms with Crippen molar-refractivity contribution in [3.63, 3.8) is 0 Å². The lowest BCUT2D eigenvalue weighted by atomic mass is 10.0. The number of rotatable bonds is 6. The number of amides is 2. The van der Waals surface area contributed by atoms with E-state index >= 15 is 0 Å². The van der Waals surface area contributed by atoms with Crippen molar-refractivity contribution in [2.24, 2.45) is 5.92 Å². The lowest BCUT2D eigenvalue weighted by molar-refractivity contribution is -0.140. The summed E-state index contributed by atoms with van der Waals surface area (Å²) in [5.41, 5.74) is 2.00. The van der Waals surface area contributed by atoms with Gasteiger partial charge in [0.1, 0.15) is 5.92 Å². The zero-order valence-corrected chi connectivity index (χ0v) is 14.4. The number of anilines is 1. The zero-order valence-electron chi connectivity index (χ0n) is 14.4. The van der Waals surface area contributed by atoms with Gasteiger partial charge in [-0.3, -0.25) is 14.4 Å². The standard InChI is InChI=1S/C18H24N2O4/c1-12(2)13-4-6-14(7-5-13)20-11-8-15(18(20)24)17(23)19(3)10-9-16(21)22/h4-7,12,15H,8-11H2,1-3H3,(H,21,22). The molecule has 6 heteroatoms. The van der Waals surface area contributed by atoms with E-state index in [4.69, 9.17) is 5.11 Å². The van der Waals surface area contributed by atoms with E-state index in [1.807, 2.05) is 24.3 Å². The molecule has 1 aromatic rings. The van der Waals surface area contributed by atoms with E-state index in [9.17, 15) is 14.4 Å². The molecule has 0 aliphatic carbocycles. The molecular formula is C18H24N2O4. The molecule has 1 saturated heterocycles.